The molecule has 0 spiro atoms. The van der Waals surface area contributed by atoms with Gasteiger partial charge in [-0.25, -0.2) is 14.9 Å². The third-order valence-corrected chi connectivity index (χ3v) is 7.61. The Morgan fingerprint density at radius 1 is 0.621 bits per heavy atom. The number of nitrogens with one attached hydrogen (secondary N) is 2. The zero-order chi connectivity index (χ0) is 41.6. The molecule has 0 fully saturated rings. The zero-order valence-electron chi connectivity index (χ0n) is 34.3. The van der Waals surface area contributed by atoms with Crippen molar-refractivity contribution in [3.8, 4) is 0 Å². The molecule has 1 aliphatic heterocycles. The van der Waals surface area contributed by atoms with E-state index in [-0.39, 0.29) is 31.5 Å². The van der Waals surface area contributed by atoms with Crippen molar-refractivity contribution in [1.82, 2.24) is 15.7 Å². The van der Waals surface area contributed by atoms with Crippen molar-refractivity contribution in [2.45, 2.75) is 19.8 Å². The summed E-state index contributed by atoms with van der Waals surface area (Å²) in [5.41, 5.74) is 13.4. The van der Waals surface area contributed by atoms with E-state index >= 15 is 0 Å². The molecule has 0 saturated heterocycles. The minimum absolute atomic E-state index is 0.117. The molecule has 58 heavy (non-hydrogen) atoms. The summed E-state index contributed by atoms with van der Waals surface area (Å²) < 4.78 is 54.4. The van der Waals surface area contributed by atoms with E-state index in [4.69, 9.17) is 63.7 Å². The first-order chi connectivity index (χ1) is 28.5. The molecule has 0 aliphatic carbocycles. The SMILES string of the molecule is CCCN(OCCNC(=O)NCCOCCOCCOCCOCCOCCOCCOCCOCCOCCOCCN)C(=O)C1=Cc2ccccc2N=C(N)C1. The Morgan fingerprint density at radius 2 is 1.03 bits per heavy atom. The molecule has 6 N–H and O–H groups in total. The van der Waals surface area contributed by atoms with Crippen LogP contribution in [0.3, 0.4) is 0 Å². The molecule has 1 aromatic carbocycles. The van der Waals surface area contributed by atoms with Gasteiger partial charge in [-0.2, -0.15) is 0 Å². The van der Waals surface area contributed by atoms with E-state index < -0.39 is 0 Å². The number of para-hydroxylation sites is 1. The number of hydrogen-bond donors (Lipinski definition) is 4. The quantitative estimate of drug-likeness (QED) is 0.0538. The van der Waals surface area contributed by atoms with E-state index in [1.165, 1.54) is 5.06 Å². The first-order valence-electron chi connectivity index (χ1n) is 20.1. The second-order valence-corrected chi connectivity index (χ2v) is 12.3. The number of aliphatic imine (C=N–C) groups is 1. The smallest absolute Gasteiger partial charge is 0.314 e. The van der Waals surface area contributed by atoms with Crippen LogP contribution in [0.2, 0.25) is 0 Å². The van der Waals surface area contributed by atoms with Gasteiger partial charge in [-0.1, -0.05) is 25.1 Å². The molecular weight excluding hydrogens is 760 g/mol. The Morgan fingerprint density at radius 3 is 1.48 bits per heavy atom. The van der Waals surface area contributed by atoms with Gasteiger partial charge in [0.05, 0.1) is 144 Å². The summed E-state index contributed by atoms with van der Waals surface area (Å²) in [6.07, 6.45) is 2.71. The fourth-order valence-electron chi connectivity index (χ4n) is 4.85. The summed E-state index contributed by atoms with van der Waals surface area (Å²) in [5.74, 6) is 0.0731. The van der Waals surface area contributed by atoms with Gasteiger partial charge in [-0.15, -0.1) is 0 Å². The Balaban J connectivity index is 1.28. The number of carbonyl (C=O) groups is 2. The van der Waals surface area contributed by atoms with Gasteiger partial charge in [0.25, 0.3) is 5.91 Å². The van der Waals surface area contributed by atoms with Crippen LogP contribution < -0.4 is 22.1 Å². The van der Waals surface area contributed by atoms with Crippen LogP contribution in [0.25, 0.3) is 6.08 Å². The summed E-state index contributed by atoms with van der Waals surface area (Å²) >= 11 is 0. The number of hydrogen-bond acceptors (Lipinski definition) is 16. The standard InChI is InChI=1S/C39H68N6O13/c1-2-10-45(38(46)35-32-34-5-3-4-6-36(34)44-37(41)33-35)58-13-9-43-39(47)42-8-12-49-15-17-51-19-21-53-23-25-55-27-29-57-31-30-56-28-26-54-24-22-52-20-18-50-16-14-48-11-7-40/h3-6,32H,2,7-31,33,40H2,1H3,(H2,41,44)(H2,42,43,47). The van der Waals surface area contributed by atoms with Crippen molar-refractivity contribution >= 4 is 29.5 Å². The lowest BCUT2D eigenvalue weighted by Crippen LogP contribution is -2.41. The highest BCUT2D eigenvalue weighted by Crippen LogP contribution is 2.26. The van der Waals surface area contributed by atoms with Crippen LogP contribution >= 0.6 is 0 Å². The molecule has 0 radical (unpaired) electrons. The van der Waals surface area contributed by atoms with Crippen molar-refractivity contribution in [3.05, 3.63) is 35.4 Å². The highest BCUT2D eigenvalue weighted by molar-refractivity contribution is 6.05. The fraction of sp³-hybridized carbons (Fsp3) is 0.718. The lowest BCUT2D eigenvalue weighted by atomic mass is 10.1. The second-order valence-electron chi connectivity index (χ2n) is 12.3. The predicted molar refractivity (Wildman–Crippen MR) is 217 cm³/mol. The van der Waals surface area contributed by atoms with Crippen LogP contribution in [0.5, 0.6) is 0 Å². The highest BCUT2D eigenvalue weighted by Gasteiger charge is 2.22. The largest absolute Gasteiger partial charge is 0.387 e. The van der Waals surface area contributed by atoms with Gasteiger partial charge in [0.15, 0.2) is 0 Å². The Kier molecular flexibility index (Phi) is 32.2. The van der Waals surface area contributed by atoms with Crippen molar-refractivity contribution in [1.29, 1.82) is 0 Å². The number of amidine groups is 1. The average molecular weight is 829 g/mol. The molecule has 0 unspecified atom stereocenters. The number of ether oxygens (including phenoxy) is 10. The third-order valence-electron chi connectivity index (χ3n) is 7.61. The molecular formula is C39H68N6O13. The van der Waals surface area contributed by atoms with Crippen molar-refractivity contribution in [2.24, 2.45) is 16.5 Å². The molecule has 332 valence electrons. The van der Waals surface area contributed by atoms with E-state index in [0.717, 1.165) is 11.3 Å². The van der Waals surface area contributed by atoms with E-state index in [9.17, 15) is 9.59 Å². The van der Waals surface area contributed by atoms with Crippen molar-refractivity contribution < 1.29 is 61.8 Å². The van der Waals surface area contributed by atoms with Crippen molar-refractivity contribution in [3.63, 3.8) is 0 Å². The number of rotatable bonds is 39. The molecule has 0 aromatic heterocycles. The third kappa shape index (κ3) is 27.4. The number of nitrogens with zero attached hydrogens (tertiary/aromatic N) is 2. The molecule has 1 aromatic rings. The number of hydroxylamine groups is 2. The Labute approximate surface area is 343 Å². The first kappa shape index (κ1) is 50.8. The van der Waals surface area contributed by atoms with Gasteiger partial charge >= 0.3 is 6.03 Å². The molecule has 1 heterocycles. The lowest BCUT2D eigenvalue weighted by Gasteiger charge is -2.22. The predicted octanol–water partition coefficient (Wildman–Crippen LogP) is 1.06. The van der Waals surface area contributed by atoms with Crippen molar-refractivity contribution in [2.75, 3.05) is 165 Å². The Bertz CT molecular complexity index is 1250. The van der Waals surface area contributed by atoms with Gasteiger partial charge in [0, 0.05) is 43.7 Å². The number of benzene rings is 1. The summed E-state index contributed by atoms with van der Waals surface area (Å²) in [5, 5.41) is 6.74. The highest BCUT2D eigenvalue weighted by atomic mass is 16.7. The second kappa shape index (κ2) is 36.7. The van der Waals surface area contributed by atoms with E-state index in [1.807, 2.05) is 31.2 Å². The zero-order valence-corrected chi connectivity index (χ0v) is 34.3. The number of carbonyl (C=O) groups excluding carboxylic acids is 2. The van der Waals surface area contributed by atoms with Gasteiger partial charge in [0.1, 0.15) is 5.84 Å². The van der Waals surface area contributed by atoms with Crippen LogP contribution in [0.4, 0.5) is 10.5 Å². The monoisotopic (exact) mass is 828 g/mol. The van der Waals surface area contributed by atoms with E-state index in [2.05, 4.69) is 15.6 Å². The van der Waals surface area contributed by atoms with Crippen LogP contribution in [-0.4, -0.2) is 188 Å². The number of fused-ring (bicyclic) bond motifs is 1. The summed E-state index contributed by atoms with van der Waals surface area (Å²) in [7, 11) is 0. The van der Waals surface area contributed by atoms with Gasteiger partial charge in [0.2, 0.25) is 0 Å². The van der Waals surface area contributed by atoms with Crippen LogP contribution in [0.15, 0.2) is 34.8 Å². The van der Waals surface area contributed by atoms with E-state index in [1.54, 1.807) is 6.08 Å². The van der Waals surface area contributed by atoms with E-state index in [0.29, 0.717) is 170 Å². The summed E-state index contributed by atoms with van der Waals surface area (Å²) in [4.78, 5) is 35.5. The fourth-order valence-corrected chi connectivity index (χ4v) is 4.85. The summed E-state index contributed by atoms with van der Waals surface area (Å²) in [6, 6.07) is 7.13. The molecule has 0 bridgehead atoms. The number of amides is 3. The van der Waals surface area contributed by atoms with Crippen LogP contribution in [0.1, 0.15) is 25.3 Å². The van der Waals surface area contributed by atoms with Crippen LogP contribution in [0, 0.1) is 0 Å². The lowest BCUT2D eigenvalue weighted by molar-refractivity contribution is -0.181. The molecule has 3 amide bonds. The number of nitrogens with two attached hydrogens (primary N) is 2. The maximum Gasteiger partial charge on any atom is 0.314 e. The minimum Gasteiger partial charge on any atom is -0.387 e. The molecule has 2 rings (SSSR count). The average Bonchev–Trinajstić information content (AvgIpc) is 3.40. The number of urea groups is 1. The van der Waals surface area contributed by atoms with Gasteiger partial charge in [-0.05, 0) is 18.6 Å². The van der Waals surface area contributed by atoms with Gasteiger partial charge in [-0.3, -0.25) is 9.63 Å². The molecule has 1 aliphatic rings. The molecule has 19 heteroatoms. The molecule has 0 atom stereocenters. The summed E-state index contributed by atoms with van der Waals surface area (Å²) in [6.45, 7) is 13.0. The molecule has 19 nitrogen and oxygen atoms in total. The maximum absolute atomic E-state index is 13.3. The maximum atomic E-state index is 13.3. The Hall–Kier alpha value is -3.31. The molecule has 0 saturated carbocycles. The van der Waals surface area contributed by atoms with Crippen LogP contribution in [-0.2, 0) is 57.0 Å². The first-order valence-corrected chi connectivity index (χ1v) is 20.1. The normalized spacial score (nSPS) is 12.4. The topological polar surface area (TPSA) is 227 Å². The van der Waals surface area contributed by atoms with Gasteiger partial charge < -0.3 is 69.5 Å². The minimum atomic E-state index is -0.362.